The predicted octanol–water partition coefficient (Wildman–Crippen LogP) is 4.28. The lowest BCUT2D eigenvalue weighted by molar-refractivity contribution is -0.121. The second-order valence-electron chi connectivity index (χ2n) is 7.46. The van der Waals surface area contributed by atoms with Crippen LogP contribution in [0.5, 0.6) is 0 Å². The van der Waals surface area contributed by atoms with Gasteiger partial charge in [0.2, 0.25) is 5.91 Å². The van der Waals surface area contributed by atoms with E-state index in [0.717, 1.165) is 11.5 Å². The molecular formula is C17H33ClN2O2Si. The number of carbonyl (C=O) groups excluding carboxylic acids is 1. The van der Waals surface area contributed by atoms with Crippen molar-refractivity contribution in [3.63, 3.8) is 0 Å². The fraction of sp³-hybridized carbons (Fsp3) is 0.706. The largest absolute Gasteiger partial charge is 0.413 e. The molecule has 0 aromatic rings. The molecule has 4 nitrogen and oxygen atoms in total. The first-order valence-electron chi connectivity index (χ1n) is 8.08. The van der Waals surface area contributed by atoms with E-state index in [-0.39, 0.29) is 17.0 Å². The van der Waals surface area contributed by atoms with Crippen molar-refractivity contribution >= 4 is 25.8 Å². The van der Waals surface area contributed by atoms with Crippen molar-refractivity contribution in [3.05, 3.63) is 23.4 Å². The third kappa shape index (κ3) is 9.30. The first-order valence-corrected chi connectivity index (χ1v) is 11.4. The Morgan fingerprint density at radius 1 is 1.35 bits per heavy atom. The molecule has 0 saturated carbocycles. The van der Waals surface area contributed by atoms with Crippen molar-refractivity contribution in [2.75, 3.05) is 0 Å². The zero-order valence-corrected chi connectivity index (χ0v) is 17.3. The minimum atomic E-state index is -1.85. The Morgan fingerprint density at radius 3 is 2.35 bits per heavy atom. The van der Waals surface area contributed by atoms with Crippen molar-refractivity contribution in [3.8, 4) is 0 Å². The maximum absolute atomic E-state index is 11.4. The van der Waals surface area contributed by atoms with Gasteiger partial charge in [0.15, 0.2) is 8.32 Å². The molecule has 0 spiro atoms. The normalized spacial score (nSPS) is 16.5. The van der Waals surface area contributed by atoms with E-state index >= 15 is 0 Å². The third-order valence-electron chi connectivity index (χ3n) is 4.09. The van der Waals surface area contributed by atoms with Gasteiger partial charge in [0, 0.05) is 5.03 Å². The van der Waals surface area contributed by atoms with Crippen LogP contribution in [0, 0.1) is 0 Å². The van der Waals surface area contributed by atoms with Crippen LogP contribution >= 0.6 is 11.6 Å². The molecule has 0 aromatic heterocycles. The van der Waals surface area contributed by atoms with Crippen LogP contribution in [-0.4, -0.2) is 26.4 Å². The first-order chi connectivity index (χ1) is 10.4. The van der Waals surface area contributed by atoms with E-state index in [1.54, 1.807) is 13.1 Å². The Balaban J connectivity index is 4.80. The zero-order valence-electron chi connectivity index (χ0n) is 15.6. The highest BCUT2D eigenvalue weighted by molar-refractivity contribution is 6.74. The molecule has 0 aliphatic heterocycles. The minimum Gasteiger partial charge on any atom is -0.413 e. The molecule has 0 heterocycles. The summed E-state index contributed by atoms with van der Waals surface area (Å²) in [6, 6.07) is -0.513. The van der Waals surface area contributed by atoms with Crippen LogP contribution in [0.2, 0.25) is 18.1 Å². The Kier molecular flexibility index (Phi) is 9.36. The van der Waals surface area contributed by atoms with Gasteiger partial charge in [-0.25, -0.2) is 0 Å². The number of halogens is 1. The van der Waals surface area contributed by atoms with Gasteiger partial charge in [0.1, 0.15) is 0 Å². The summed E-state index contributed by atoms with van der Waals surface area (Å²) in [4.78, 5) is 11.4. The van der Waals surface area contributed by atoms with Gasteiger partial charge in [-0.15, -0.1) is 0 Å². The molecular weight excluding hydrogens is 328 g/mol. The average Bonchev–Trinajstić information content (AvgIpc) is 2.38. The zero-order chi connectivity index (χ0) is 18.3. The molecule has 0 fully saturated rings. The van der Waals surface area contributed by atoms with E-state index in [1.165, 1.54) is 0 Å². The summed E-state index contributed by atoms with van der Waals surface area (Å²) < 4.78 is 6.45. The standard InChI is InChI=1S/C17H33ClN2O2Si/c1-13(18)10-11-15(22-23(6,7)17(3,4)5)9-8-12-20-16(21)14(2)19/h8,10,12,14-15H,9,11,19H2,1-7H3,(H,20,21)/b12-8-,13-10+/t14-,15+/m0/s1. The SMILES string of the molecule is C/C(Cl)=C\C[C@@H](C/C=C\NC(=O)[C@H](C)N)O[Si](C)(C)C(C)(C)C. The summed E-state index contributed by atoms with van der Waals surface area (Å²) in [7, 11) is -1.85. The Bertz CT molecular complexity index is 436. The molecule has 23 heavy (non-hydrogen) atoms. The summed E-state index contributed by atoms with van der Waals surface area (Å²) in [6.07, 6.45) is 7.06. The van der Waals surface area contributed by atoms with E-state index in [0.29, 0.717) is 6.42 Å². The second-order valence-corrected chi connectivity index (χ2v) is 12.8. The van der Waals surface area contributed by atoms with Crippen LogP contribution in [0.25, 0.3) is 0 Å². The first kappa shape index (κ1) is 22.4. The highest BCUT2D eigenvalue weighted by atomic mass is 35.5. The number of hydrogen-bond donors (Lipinski definition) is 2. The van der Waals surface area contributed by atoms with Crippen molar-refractivity contribution in [2.45, 2.75) is 77.7 Å². The van der Waals surface area contributed by atoms with Gasteiger partial charge >= 0.3 is 0 Å². The fourth-order valence-corrected chi connectivity index (χ4v) is 3.04. The number of nitrogens with two attached hydrogens (primary N) is 1. The molecule has 3 N–H and O–H groups in total. The van der Waals surface area contributed by atoms with Crippen LogP contribution < -0.4 is 11.1 Å². The summed E-state index contributed by atoms with van der Waals surface area (Å²) in [5.41, 5.74) is 5.50. The van der Waals surface area contributed by atoms with Gasteiger partial charge in [0.05, 0.1) is 12.1 Å². The predicted molar refractivity (Wildman–Crippen MR) is 102 cm³/mol. The highest BCUT2D eigenvalue weighted by Crippen LogP contribution is 2.38. The third-order valence-corrected chi connectivity index (χ3v) is 8.77. The lowest BCUT2D eigenvalue weighted by Crippen LogP contribution is -2.43. The molecule has 6 heteroatoms. The van der Waals surface area contributed by atoms with Crippen LogP contribution in [0.4, 0.5) is 0 Å². The van der Waals surface area contributed by atoms with E-state index < -0.39 is 14.4 Å². The Hall–Kier alpha value is -0.623. The quantitative estimate of drug-likeness (QED) is 0.635. The highest BCUT2D eigenvalue weighted by Gasteiger charge is 2.38. The molecule has 0 saturated heterocycles. The molecule has 0 radical (unpaired) electrons. The van der Waals surface area contributed by atoms with Gasteiger partial charge < -0.3 is 15.5 Å². The Morgan fingerprint density at radius 2 is 1.91 bits per heavy atom. The van der Waals surface area contributed by atoms with Gasteiger partial charge in [0.25, 0.3) is 0 Å². The molecule has 0 unspecified atom stereocenters. The lowest BCUT2D eigenvalue weighted by Gasteiger charge is -2.39. The molecule has 0 aromatic carbocycles. The topological polar surface area (TPSA) is 64.4 Å². The minimum absolute atomic E-state index is 0.0491. The number of rotatable bonds is 8. The monoisotopic (exact) mass is 360 g/mol. The second kappa shape index (κ2) is 9.62. The number of allylic oxidation sites excluding steroid dienone is 1. The molecule has 0 aliphatic rings. The Labute approximate surface area is 147 Å². The number of carbonyl (C=O) groups is 1. The smallest absolute Gasteiger partial charge is 0.240 e. The van der Waals surface area contributed by atoms with E-state index in [2.05, 4.69) is 39.2 Å². The van der Waals surface area contributed by atoms with E-state index in [1.807, 2.05) is 19.1 Å². The van der Waals surface area contributed by atoms with Crippen LogP contribution in [-0.2, 0) is 9.22 Å². The van der Waals surface area contributed by atoms with Crippen molar-refractivity contribution < 1.29 is 9.22 Å². The maximum Gasteiger partial charge on any atom is 0.240 e. The number of nitrogens with one attached hydrogen (secondary N) is 1. The summed E-state index contributed by atoms with van der Waals surface area (Å²) in [5.74, 6) is -0.195. The molecule has 1 amide bonds. The van der Waals surface area contributed by atoms with Gasteiger partial charge in [-0.3, -0.25) is 4.79 Å². The summed E-state index contributed by atoms with van der Waals surface area (Å²) in [5, 5.41) is 3.58. The van der Waals surface area contributed by atoms with Crippen LogP contribution in [0.15, 0.2) is 23.4 Å². The molecule has 2 atom stereocenters. The van der Waals surface area contributed by atoms with Crippen LogP contribution in [0.1, 0.15) is 47.5 Å². The average molecular weight is 361 g/mol. The lowest BCUT2D eigenvalue weighted by atomic mass is 10.2. The van der Waals surface area contributed by atoms with Crippen molar-refractivity contribution in [2.24, 2.45) is 5.73 Å². The summed E-state index contributed by atoms with van der Waals surface area (Å²) in [6.45, 7) is 14.6. The van der Waals surface area contributed by atoms with Crippen LogP contribution in [0.3, 0.4) is 0 Å². The molecule has 0 bridgehead atoms. The van der Waals surface area contributed by atoms with E-state index in [9.17, 15) is 4.79 Å². The summed E-state index contributed by atoms with van der Waals surface area (Å²) >= 11 is 5.95. The maximum atomic E-state index is 11.4. The molecule has 0 aliphatic carbocycles. The van der Waals surface area contributed by atoms with Gasteiger partial charge in [-0.05, 0) is 51.0 Å². The van der Waals surface area contributed by atoms with Gasteiger partial charge in [-0.2, -0.15) is 0 Å². The van der Waals surface area contributed by atoms with Crippen molar-refractivity contribution in [1.82, 2.24) is 5.32 Å². The molecule has 134 valence electrons. The number of hydrogen-bond acceptors (Lipinski definition) is 3. The van der Waals surface area contributed by atoms with Gasteiger partial charge in [-0.1, -0.05) is 44.5 Å². The fourth-order valence-electron chi connectivity index (χ4n) is 1.57. The van der Waals surface area contributed by atoms with E-state index in [4.69, 9.17) is 21.8 Å². The molecule has 0 rings (SSSR count). The van der Waals surface area contributed by atoms with Crippen molar-refractivity contribution in [1.29, 1.82) is 0 Å². The number of amides is 1.